The van der Waals surface area contributed by atoms with Crippen LogP contribution in [0.2, 0.25) is 0 Å². The molecule has 0 spiro atoms. The van der Waals surface area contributed by atoms with Gasteiger partial charge >= 0.3 is 0 Å². The Kier molecular flexibility index (Phi) is 4.40. The molecule has 0 fully saturated rings. The van der Waals surface area contributed by atoms with E-state index in [-0.39, 0.29) is 0 Å². The molecule has 0 unspecified atom stereocenters. The summed E-state index contributed by atoms with van der Waals surface area (Å²) in [4.78, 5) is 4.41. The number of nitrogens with two attached hydrogens (primary N) is 1. The van der Waals surface area contributed by atoms with Crippen LogP contribution >= 0.6 is 0 Å². The Morgan fingerprint density at radius 2 is 2.06 bits per heavy atom. The van der Waals surface area contributed by atoms with Gasteiger partial charge in [-0.25, -0.2) is 0 Å². The smallest absolute Gasteiger partial charge is 0.0953 e. The highest BCUT2D eigenvalue weighted by Crippen LogP contribution is 2.26. The van der Waals surface area contributed by atoms with E-state index < -0.39 is 0 Å². The molecule has 3 heteroatoms. The summed E-state index contributed by atoms with van der Waals surface area (Å²) in [5.41, 5.74) is 8.78. The van der Waals surface area contributed by atoms with Crippen molar-refractivity contribution in [1.29, 1.82) is 0 Å². The molecule has 0 aliphatic rings. The second-order valence-electron chi connectivity index (χ2n) is 4.59. The summed E-state index contributed by atoms with van der Waals surface area (Å²) < 4.78 is 0. The molecule has 18 heavy (non-hydrogen) atoms. The van der Waals surface area contributed by atoms with Crippen molar-refractivity contribution in [1.82, 2.24) is 4.98 Å². The zero-order valence-electron chi connectivity index (χ0n) is 10.9. The van der Waals surface area contributed by atoms with Crippen molar-refractivity contribution < 1.29 is 0 Å². The number of anilines is 2. The van der Waals surface area contributed by atoms with Crippen molar-refractivity contribution in [3.8, 4) is 0 Å². The number of fused-ring (bicyclic) bond motifs is 1. The Morgan fingerprint density at radius 1 is 1.17 bits per heavy atom. The van der Waals surface area contributed by atoms with Gasteiger partial charge in [0.1, 0.15) is 0 Å². The normalized spacial score (nSPS) is 10.7. The van der Waals surface area contributed by atoms with Crippen LogP contribution in [0.1, 0.15) is 32.6 Å². The van der Waals surface area contributed by atoms with Gasteiger partial charge in [0.15, 0.2) is 0 Å². The Labute approximate surface area is 108 Å². The van der Waals surface area contributed by atoms with E-state index in [0.717, 1.165) is 28.8 Å². The molecule has 0 amide bonds. The number of hydrogen-bond acceptors (Lipinski definition) is 3. The number of nitrogens with one attached hydrogen (secondary N) is 1. The summed E-state index contributed by atoms with van der Waals surface area (Å²) in [6.07, 6.45) is 6.87. The zero-order valence-corrected chi connectivity index (χ0v) is 10.9. The number of benzene rings is 1. The minimum atomic E-state index is 0.787. The maximum atomic E-state index is 5.95. The van der Waals surface area contributed by atoms with Gasteiger partial charge in [-0.05, 0) is 30.7 Å². The lowest BCUT2D eigenvalue weighted by atomic mass is 10.1. The Bertz CT molecular complexity index is 508. The van der Waals surface area contributed by atoms with E-state index in [1.54, 1.807) is 0 Å². The lowest BCUT2D eigenvalue weighted by molar-refractivity contribution is 0.685. The quantitative estimate of drug-likeness (QED) is 0.599. The highest BCUT2D eigenvalue weighted by atomic mass is 14.9. The molecule has 3 nitrogen and oxygen atoms in total. The number of nitrogen functional groups attached to an aromatic ring is 1. The average Bonchev–Trinajstić information content (AvgIpc) is 2.41. The van der Waals surface area contributed by atoms with Crippen LogP contribution in [-0.2, 0) is 0 Å². The zero-order chi connectivity index (χ0) is 12.8. The molecule has 0 radical (unpaired) electrons. The summed E-state index contributed by atoms with van der Waals surface area (Å²) in [5.74, 6) is 0. The van der Waals surface area contributed by atoms with E-state index in [4.69, 9.17) is 5.73 Å². The van der Waals surface area contributed by atoms with E-state index in [0.29, 0.717) is 0 Å². The lowest BCUT2D eigenvalue weighted by Crippen LogP contribution is -2.03. The number of pyridine rings is 1. The molecule has 0 saturated heterocycles. The van der Waals surface area contributed by atoms with Crippen LogP contribution in [0, 0.1) is 0 Å². The fraction of sp³-hybridized carbons (Fsp3) is 0.400. The predicted molar refractivity (Wildman–Crippen MR) is 78.8 cm³/mol. The minimum absolute atomic E-state index is 0.787. The first-order valence-corrected chi connectivity index (χ1v) is 6.70. The summed E-state index contributed by atoms with van der Waals surface area (Å²) in [6.45, 7) is 3.22. The third-order valence-corrected chi connectivity index (χ3v) is 3.15. The first-order chi connectivity index (χ1) is 8.83. The van der Waals surface area contributed by atoms with Gasteiger partial charge in [-0.15, -0.1) is 0 Å². The molecule has 0 bridgehead atoms. The van der Waals surface area contributed by atoms with Gasteiger partial charge in [-0.3, -0.25) is 4.98 Å². The van der Waals surface area contributed by atoms with Crippen LogP contribution in [0.25, 0.3) is 10.9 Å². The van der Waals surface area contributed by atoms with Crippen molar-refractivity contribution in [3.05, 3.63) is 30.5 Å². The number of nitrogens with zero attached hydrogens (tertiary/aromatic N) is 1. The second-order valence-corrected chi connectivity index (χ2v) is 4.59. The third kappa shape index (κ3) is 2.92. The van der Waals surface area contributed by atoms with Crippen molar-refractivity contribution in [2.45, 2.75) is 32.6 Å². The molecule has 2 rings (SSSR count). The van der Waals surface area contributed by atoms with Gasteiger partial charge in [0.25, 0.3) is 0 Å². The topological polar surface area (TPSA) is 50.9 Å². The minimum Gasteiger partial charge on any atom is -0.398 e. The van der Waals surface area contributed by atoms with Crippen LogP contribution in [-0.4, -0.2) is 11.5 Å². The molecule has 0 atom stereocenters. The van der Waals surface area contributed by atoms with E-state index in [2.05, 4.69) is 17.2 Å². The first kappa shape index (κ1) is 12.7. The number of rotatable bonds is 6. The molecule has 0 saturated carbocycles. The van der Waals surface area contributed by atoms with Gasteiger partial charge in [0.2, 0.25) is 0 Å². The molecule has 2 aromatic rings. The van der Waals surface area contributed by atoms with Gasteiger partial charge in [0.05, 0.1) is 11.2 Å². The van der Waals surface area contributed by atoms with Crippen molar-refractivity contribution in [3.63, 3.8) is 0 Å². The van der Waals surface area contributed by atoms with E-state index in [1.807, 2.05) is 30.5 Å². The fourth-order valence-corrected chi connectivity index (χ4v) is 2.11. The average molecular weight is 243 g/mol. The monoisotopic (exact) mass is 243 g/mol. The Hall–Kier alpha value is -1.77. The molecule has 1 heterocycles. The summed E-state index contributed by atoms with van der Waals surface area (Å²) >= 11 is 0. The third-order valence-electron chi connectivity index (χ3n) is 3.15. The maximum absolute atomic E-state index is 5.95. The van der Waals surface area contributed by atoms with Crippen molar-refractivity contribution >= 4 is 22.3 Å². The van der Waals surface area contributed by atoms with Crippen LogP contribution in [0.15, 0.2) is 30.5 Å². The molecular formula is C15H21N3. The fourth-order valence-electron chi connectivity index (χ4n) is 2.11. The summed E-state index contributed by atoms with van der Waals surface area (Å²) in [5, 5.41) is 4.48. The second kappa shape index (κ2) is 6.24. The number of unbranched alkanes of at least 4 members (excludes halogenated alkanes) is 3. The van der Waals surface area contributed by atoms with Crippen molar-refractivity contribution in [2.75, 3.05) is 17.6 Å². The molecular weight excluding hydrogens is 222 g/mol. The van der Waals surface area contributed by atoms with Gasteiger partial charge < -0.3 is 11.1 Å². The largest absolute Gasteiger partial charge is 0.398 e. The number of aromatic nitrogens is 1. The SMILES string of the molecule is CCCCCCNc1ccc(N)c2cccnc12. The molecule has 0 aliphatic carbocycles. The number of hydrogen-bond donors (Lipinski definition) is 2. The molecule has 96 valence electrons. The highest BCUT2D eigenvalue weighted by molar-refractivity contribution is 5.98. The molecule has 0 aliphatic heterocycles. The summed E-state index contributed by atoms with van der Waals surface area (Å²) in [7, 11) is 0. The van der Waals surface area contributed by atoms with Gasteiger partial charge in [-0.2, -0.15) is 0 Å². The maximum Gasteiger partial charge on any atom is 0.0953 e. The highest BCUT2D eigenvalue weighted by Gasteiger charge is 2.03. The Balaban J connectivity index is 2.07. The Morgan fingerprint density at radius 3 is 2.89 bits per heavy atom. The van der Waals surface area contributed by atoms with Crippen molar-refractivity contribution in [2.24, 2.45) is 0 Å². The van der Waals surface area contributed by atoms with Gasteiger partial charge in [-0.1, -0.05) is 26.2 Å². The molecule has 1 aromatic heterocycles. The van der Waals surface area contributed by atoms with Crippen LogP contribution in [0.4, 0.5) is 11.4 Å². The van der Waals surface area contributed by atoms with Crippen LogP contribution in [0.3, 0.4) is 0 Å². The van der Waals surface area contributed by atoms with E-state index in [9.17, 15) is 0 Å². The molecule has 3 N–H and O–H groups in total. The van der Waals surface area contributed by atoms with Crippen LogP contribution in [0.5, 0.6) is 0 Å². The predicted octanol–water partition coefficient (Wildman–Crippen LogP) is 3.81. The van der Waals surface area contributed by atoms with Crippen LogP contribution < -0.4 is 11.1 Å². The summed E-state index contributed by atoms with van der Waals surface area (Å²) in [6, 6.07) is 7.90. The van der Waals surface area contributed by atoms with Gasteiger partial charge in [0, 0.05) is 23.8 Å². The molecule has 1 aromatic carbocycles. The standard InChI is InChI=1S/C15H21N3/c1-2-3-4-5-10-17-14-9-8-13(16)12-7-6-11-18-15(12)14/h6-9,11,17H,2-5,10,16H2,1H3. The lowest BCUT2D eigenvalue weighted by Gasteiger charge is -2.10. The van der Waals surface area contributed by atoms with E-state index in [1.165, 1.54) is 25.7 Å². The first-order valence-electron chi connectivity index (χ1n) is 6.70. The van der Waals surface area contributed by atoms with E-state index >= 15 is 0 Å².